The number of anilines is 1. The first-order valence-electron chi connectivity index (χ1n) is 7.32. The van der Waals surface area contributed by atoms with Crippen molar-refractivity contribution in [3.8, 4) is 5.75 Å². The van der Waals surface area contributed by atoms with Crippen molar-refractivity contribution in [1.82, 2.24) is 4.90 Å². The smallest absolute Gasteiger partial charge is 0.387 e. The van der Waals surface area contributed by atoms with E-state index >= 15 is 0 Å². The summed E-state index contributed by atoms with van der Waals surface area (Å²) in [5.74, 6) is -1.47. The topological polar surface area (TPSA) is 58.6 Å². The summed E-state index contributed by atoms with van der Waals surface area (Å²) >= 11 is 11.9. The second-order valence-electron chi connectivity index (χ2n) is 5.18. The zero-order valence-corrected chi connectivity index (χ0v) is 15.0. The lowest BCUT2D eigenvalue weighted by Gasteiger charge is -2.19. The zero-order valence-electron chi connectivity index (χ0n) is 13.5. The van der Waals surface area contributed by atoms with Gasteiger partial charge in [-0.25, -0.2) is 0 Å². The molecule has 0 fully saturated rings. The molecule has 26 heavy (non-hydrogen) atoms. The highest BCUT2D eigenvalue weighted by Crippen LogP contribution is 2.29. The van der Waals surface area contributed by atoms with E-state index in [-0.39, 0.29) is 33.6 Å². The third kappa shape index (κ3) is 5.06. The fourth-order valence-corrected chi connectivity index (χ4v) is 2.62. The van der Waals surface area contributed by atoms with Gasteiger partial charge in [-0.1, -0.05) is 41.4 Å². The lowest BCUT2D eigenvalue weighted by atomic mass is 10.2. The Morgan fingerprint density at radius 3 is 2.35 bits per heavy atom. The Labute approximate surface area is 158 Å². The fraction of sp³-hybridized carbons (Fsp3) is 0.176. The fourth-order valence-electron chi connectivity index (χ4n) is 2.13. The highest BCUT2D eigenvalue weighted by molar-refractivity contribution is 6.39. The van der Waals surface area contributed by atoms with Crippen molar-refractivity contribution in [2.24, 2.45) is 0 Å². The Balaban J connectivity index is 2.09. The molecule has 0 unspecified atom stereocenters. The van der Waals surface area contributed by atoms with Gasteiger partial charge in [0.2, 0.25) is 5.91 Å². The van der Waals surface area contributed by atoms with Gasteiger partial charge in [-0.3, -0.25) is 9.59 Å². The van der Waals surface area contributed by atoms with E-state index in [1.807, 2.05) is 0 Å². The number of carbonyl (C=O) groups is 2. The second-order valence-corrected chi connectivity index (χ2v) is 6.00. The monoisotopic (exact) mass is 402 g/mol. The molecule has 9 heteroatoms. The number of likely N-dealkylation sites (N-methyl/N-ethyl adjacent to an activating group) is 1. The minimum absolute atomic E-state index is 0.0844. The van der Waals surface area contributed by atoms with Gasteiger partial charge in [-0.15, -0.1) is 0 Å². The van der Waals surface area contributed by atoms with E-state index in [1.165, 1.54) is 31.3 Å². The van der Waals surface area contributed by atoms with Gasteiger partial charge in [0.25, 0.3) is 5.91 Å². The Hall–Kier alpha value is -2.38. The Morgan fingerprint density at radius 1 is 1.12 bits per heavy atom. The van der Waals surface area contributed by atoms with Crippen molar-refractivity contribution in [2.45, 2.75) is 6.61 Å². The SMILES string of the molecule is CN(CC(=O)Nc1c(Cl)cccc1Cl)C(=O)c1ccccc1OC(F)F. The van der Waals surface area contributed by atoms with Gasteiger partial charge in [0.05, 0.1) is 27.8 Å². The molecule has 0 saturated carbocycles. The van der Waals surface area contributed by atoms with Gasteiger partial charge in [0, 0.05) is 7.05 Å². The Morgan fingerprint density at radius 2 is 1.73 bits per heavy atom. The predicted octanol–water partition coefficient (Wildman–Crippen LogP) is 4.31. The number of benzene rings is 2. The molecule has 0 spiro atoms. The third-order valence-corrected chi connectivity index (χ3v) is 3.92. The molecule has 0 aromatic heterocycles. The van der Waals surface area contributed by atoms with Gasteiger partial charge in [0.1, 0.15) is 5.75 Å². The van der Waals surface area contributed by atoms with Crippen LogP contribution in [0.5, 0.6) is 5.75 Å². The normalized spacial score (nSPS) is 10.5. The largest absolute Gasteiger partial charge is 0.434 e. The van der Waals surface area contributed by atoms with Gasteiger partial charge >= 0.3 is 6.61 Å². The molecule has 0 aliphatic carbocycles. The van der Waals surface area contributed by atoms with Crippen molar-refractivity contribution in [3.05, 3.63) is 58.1 Å². The minimum atomic E-state index is -3.07. The highest BCUT2D eigenvalue weighted by atomic mass is 35.5. The summed E-state index contributed by atoms with van der Waals surface area (Å²) in [6, 6.07) is 10.3. The van der Waals surface area contributed by atoms with Crippen LogP contribution in [0.25, 0.3) is 0 Å². The van der Waals surface area contributed by atoms with E-state index in [4.69, 9.17) is 23.2 Å². The number of hydrogen-bond acceptors (Lipinski definition) is 3. The number of nitrogens with one attached hydrogen (secondary N) is 1. The molecular weight excluding hydrogens is 389 g/mol. The zero-order chi connectivity index (χ0) is 19.3. The molecule has 2 aromatic carbocycles. The molecule has 0 aliphatic rings. The van der Waals surface area contributed by atoms with Crippen LogP contribution >= 0.6 is 23.2 Å². The predicted molar refractivity (Wildman–Crippen MR) is 95.1 cm³/mol. The summed E-state index contributed by atoms with van der Waals surface area (Å²) < 4.78 is 29.2. The third-order valence-electron chi connectivity index (χ3n) is 3.29. The van der Waals surface area contributed by atoms with Crippen LogP contribution < -0.4 is 10.1 Å². The summed E-state index contributed by atoms with van der Waals surface area (Å²) in [5, 5.41) is 3.01. The number of carbonyl (C=O) groups excluding carboxylic acids is 2. The van der Waals surface area contributed by atoms with Crippen molar-refractivity contribution in [2.75, 3.05) is 18.9 Å². The van der Waals surface area contributed by atoms with Crippen molar-refractivity contribution in [3.63, 3.8) is 0 Å². The number of ether oxygens (including phenoxy) is 1. The molecule has 0 saturated heterocycles. The maximum absolute atomic E-state index is 12.5. The molecule has 0 heterocycles. The summed E-state index contributed by atoms with van der Waals surface area (Å²) in [6.45, 7) is -3.41. The van der Waals surface area contributed by atoms with Gasteiger partial charge in [-0.2, -0.15) is 8.78 Å². The van der Waals surface area contributed by atoms with Crippen molar-refractivity contribution in [1.29, 1.82) is 0 Å². The van der Waals surface area contributed by atoms with Crippen LogP contribution in [0.4, 0.5) is 14.5 Å². The van der Waals surface area contributed by atoms with Crippen LogP contribution in [0.1, 0.15) is 10.4 Å². The van der Waals surface area contributed by atoms with E-state index in [1.54, 1.807) is 18.2 Å². The number of para-hydroxylation sites is 2. The Kier molecular flexibility index (Phi) is 6.76. The van der Waals surface area contributed by atoms with E-state index in [0.29, 0.717) is 0 Å². The lowest BCUT2D eigenvalue weighted by Crippen LogP contribution is -2.35. The number of hydrogen-bond donors (Lipinski definition) is 1. The first kappa shape index (κ1) is 19.9. The molecule has 0 bridgehead atoms. The van der Waals surface area contributed by atoms with E-state index in [2.05, 4.69) is 10.1 Å². The second kappa shape index (κ2) is 8.82. The number of rotatable bonds is 6. The molecule has 2 aromatic rings. The van der Waals surface area contributed by atoms with Crippen LogP contribution in [0, 0.1) is 0 Å². The molecule has 5 nitrogen and oxygen atoms in total. The van der Waals surface area contributed by atoms with Crippen LogP contribution in [-0.2, 0) is 4.79 Å². The molecule has 2 rings (SSSR count). The standard InChI is InChI=1S/C17H14Cl2F2N2O3/c1-23(9-14(24)22-15-11(18)6-4-7-12(15)19)16(25)10-5-2-3-8-13(10)26-17(20)21/h2-8,17H,9H2,1H3,(H,22,24). The van der Waals surface area contributed by atoms with E-state index in [0.717, 1.165) is 4.90 Å². The molecule has 138 valence electrons. The molecule has 1 N–H and O–H groups in total. The maximum atomic E-state index is 12.5. The van der Waals surface area contributed by atoms with Crippen LogP contribution in [0.3, 0.4) is 0 Å². The summed E-state index contributed by atoms with van der Waals surface area (Å²) in [6.07, 6.45) is 0. The van der Waals surface area contributed by atoms with Crippen molar-refractivity contribution >= 4 is 40.7 Å². The Bertz CT molecular complexity index is 798. The van der Waals surface area contributed by atoms with E-state index < -0.39 is 18.4 Å². The number of amides is 2. The summed E-state index contributed by atoms with van der Waals surface area (Å²) in [4.78, 5) is 25.7. The number of alkyl halides is 2. The molecular formula is C17H14Cl2F2N2O3. The first-order chi connectivity index (χ1) is 12.3. The van der Waals surface area contributed by atoms with Gasteiger partial charge in [0.15, 0.2) is 0 Å². The van der Waals surface area contributed by atoms with Crippen LogP contribution in [0.15, 0.2) is 42.5 Å². The summed E-state index contributed by atoms with van der Waals surface area (Å²) in [5.41, 5.74) is 0.141. The first-order valence-corrected chi connectivity index (χ1v) is 8.08. The van der Waals surface area contributed by atoms with Gasteiger partial charge in [-0.05, 0) is 24.3 Å². The maximum Gasteiger partial charge on any atom is 0.387 e. The average Bonchev–Trinajstić information content (AvgIpc) is 2.57. The quantitative estimate of drug-likeness (QED) is 0.783. The minimum Gasteiger partial charge on any atom is -0.434 e. The average molecular weight is 403 g/mol. The summed E-state index contributed by atoms with van der Waals surface area (Å²) in [7, 11) is 1.36. The van der Waals surface area contributed by atoms with Gasteiger partial charge < -0.3 is 15.0 Å². The number of nitrogens with zero attached hydrogens (tertiary/aromatic N) is 1. The lowest BCUT2D eigenvalue weighted by molar-refractivity contribution is -0.116. The van der Waals surface area contributed by atoms with Crippen LogP contribution in [0.2, 0.25) is 10.0 Å². The highest BCUT2D eigenvalue weighted by Gasteiger charge is 2.21. The van der Waals surface area contributed by atoms with Crippen molar-refractivity contribution < 1.29 is 23.1 Å². The number of halogens is 4. The van der Waals surface area contributed by atoms with Crippen LogP contribution in [-0.4, -0.2) is 36.9 Å². The molecule has 2 amide bonds. The molecule has 0 atom stereocenters. The molecule has 0 radical (unpaired) electrons. The van der Waals surface area contributed by atoms with E-state index in [9.17, 15) is 18.4 Å². The molecule has 0 aliphatic heterocycles.